The van der Waals surface area contributed by atoms with Crippen LogP contribution >= 0.6 is 23.4 Å². The van der Waals surface area contributed by atoms with Gasteiger partial charge in [-0.05, 0) is 48.4 Å². The average Bonchev–Trinajstić information content (AvgIpc) is 3.29. The minimum absolute atomic E-state index is 0.281. The number of fused-ring (bicyclic) bond motifs is 1. The summed E-state index contributed by atoms with van der Waals surface area (Å²) in [5, 5.41) is 8.52. The minimum atomic E-state index is 0.281. The van der Waals surface area contributed by atoms with Crippen molar-refractivity contribution in [2.24, 2.45) is 0 Å². The summed E-state index contributed by atoms with van der Waals surface area (Å²) >= 11 is 7.56. The van der Waals surface area contributed by atoms with Crippen molar-refractivity contribution in [3.8, 4) is 17.2 Å². The van der Waals surface area contributed by atoms with Crippen molar-refractivity contribution in [1.82, 2.24) is 15.2 Å². The smallest absolute Gasteiger partial charge is 0.231 e. The molecule has 1 N–H and O–H groups in total. The number of H-pyrrole nitrogens is 1. The lowest BCUT2D eigenvalue weighted by molar-refractivity contribution is 0.174. The number of aromatic amines is 1. The van der Waals surface area contributed by atoms with Crippen molar-refractivity contribution in [2.45, 2.75) is 24.4 Å². The second-order valence-corrected chi connectivity index (χ2v) is 7.09. The monoisotopic (exact) mass is 389 g/mol. The molecule has 1 aromatic heterocycles. The Morgan fingerprint density at radius 2 is 2.08 bits per heavy atom. The normalized spacial score (nSPS) is 12.4. The van der Waals surface area contributed by atoms with Crippen LogP contribution in [-0.2, 0) is 12.4 Å². The minimum Gasteiger partial charge on any atom is -0.486 e. The molecule has 8 heteroatoms. The van der Waals surface area contributed by atoms with Gasteiger partial charge in [-0.1, -0.05) is 29.4 Å². The van der Waals surface area contributed by atoms with E-state index in [1.165, 1.54) is 0 Å². The van der Waals surface area contributed by atoms with Gasteiger partial charge in [0.15, 0.2) is 17.3 Å². The van der Waals surface area contributed by atoms with E-state index < -0.39 is 0 Å². The molecule has 134 valence electrons. The van der Waals surface area contributed by atoms with E-state index in [9.17, 15) is 0 Å². The maximum Gasteiger partial charge on any atom is 0.231 e. The van der Waals surface area contributed by atoms with E-state index in [-0.39, 0.29) is 6.79 Å². The van der Waals surface area contributed by atoms with Crippen LogP contribution in [0, 0.1) is 6.92 Å². The molecule has 0 saturated carbocycles. The molecule has 0 spiro atoms. The molecular formula is C18H16ClN3O3S. The first kappa shape index (κ1) is 17.1. The van der Waals surface area contributed by atoms with E-state index in [0.717, 1.165) is 39.2 Å². The first-order valence-corrected chi connectivity index (χ1v) is 9.35. The second kappa shape index (κ2) is 7.47. The van der Waals surface area contributed by atoms with Gasteiger partial charge < -0.3 is 14.2 Å². The van der Waals surface area contributed by atoms with Gasteiger partial charge in [-0.3, -0.25) is 5.10 Å². The summed E-state index contributed by atoms with van der Waals surface area (Å²) in [5.74, 6) is 3.73. The number of hydrogen-bond donors (Lipinski definition) is 1. The molecule has 1 aliphatic rings. The Labute approximate surface area is 159 Å². The predicted molar refractivity (Wildman–Crippen MR) is 99.0 cm³/mol. The zero-order chi connectivity index (χ0) is 17.9. The van der Waals surface area contributed by atoms with Crippen LogP contribution < -0.4 is 14.2 Å². The number of halogens is 1. The molecule has 0 fully saturated rings. The van der Waals surface area contributed by atoms with Gasteiger partial charge in [0.05, 0.1) is 0 Å². The Bertz CT molecular complexity index is 932. The third-order valence-electron chi connectivity index (χ3n) is 3.82. The number of nitrogens with zero attached hydrogens (tertiary/aromatic N) is 2. The van der Waals surface area contributed by atoms with Crippen LogP contribution in [0.15, 0.2) is 41.6 Å². The van der Waals surface area contributed by atoms with E-state index in [1.54, 1.807) is 11.8 Å². The van der Waals surface area contributed by atoms with Crippen LogP contribution in [0.1, 0.15) is 17.0 Å². The van der Waals surface area contributed by atoms with E-state index in [0.29, 0.717) is 17.6 Å². The second-order valence-electron chi connectivity index (χ2n) is 5.74. The molecule has 1 aliphatic heterocycles. The number of hydrogen-bond acceptors (Lipinski definition) is 6. The van der Waals surface area contributed by atoms with Gasteiger partial charge in [0.2, 0.25) is 11.9 Å². The number of thioether (sulfide) groups is 1. The predicted octanol–water partition coefficient (Wildman–Crippen LogP) is 4.37. The zero-order valence-electron chi connectivity index (χ0n) is 14.0. The van der Waals surface area contributed by atoms with Gasteiger partial charge in [0.1, 0.15) is 12.4 Å². The molecule has 0 unspecified atom stereocenters. The fraction of sp³-hybridized carbons (Fsp3) is 0.222. The Kier molecular flexibility index (Phi) is 4.90. The molecule has 0 amide bonds. The first-order valence-electron chi connectivity index (χ1n) is 7.99. The van der Waals surface area contributed by atoms with Crippen LogP contribution in [0.5, 0.6) is 17.2 Å². The van der Waals surface area contributed by atoms with Crippen molar-refractivity contribution in [1.29, 1.82) is 0 Å². The molecule has 6 nitrogen and oxygen atoms in total. The Hall–Kier alpha value is -2.38. The quantitative estimate of drug-likeness (QED) is 0.631. The summed E-state index contributed by atoms with van der Waals surface area (Å²) in [5.41, 5.74) is 2.10. The standard InChI is InChI=1S/C18H16ClN3O3S/c1-11-6-13(3-4-14(11)19)23-8-17-20-18(22-21-17)26-9-12-2-5-15-16(7-12)25-10-24-15/h2-7H,8-10H2,1H3,(H,20,21,22). The van der Waals surface area contributed by atoms with Crippen molar-refractivity contribution in [2.75, 3.05) is 6.79 Å². The number of aromatic nitrogens is 3. The molecule has 26 heavy (non-hydrogen) atoms. The van der Waals surface area contributed by atoms with Gasteiger partial charge in [-0.25, -0.2) is 4.98 Å². The highest BCUT2D eigenvalue weighted by atomic mass is 35.5. The Morgan fingerprint density at radius 3 is 2.96 bits per heavy atom. The van der Waals surface area contributed by atoms with Crippen LogP contribution in [0.3, 0.4) is 0 Å². The van der Waals surface area contributed by atoms with E-state index in [2.05, 4.69) is 15.2 Å². The highest BCUT2D eigenvalue weighted by Gasteiger charge is 2.13. The third-order valence-corrected chi connectivity index (χ3v) is 5.16. The van der Waals surface area contributed by atoms with Crippen LogP contribution in [0.4, 0.5) is 0 Å². The molecule has 3 aromatic rings. The van der Waals surface area contributed by atoms with Crippen molar-refractivity contribution < 1.29 is 14.2 Å². The summed E-state index contributed by atoms with van der Waals surface area (Å²) in [4.78, 5) is 4.44. The summed E-state index contributed by atoms with van der Waals surface area (Å²) < 4.78 is 16.4. The number of nitrogens with one attached hydrogen (secondary N) is 1. The van der Waals surface area contributed by atoms with Gasteiger partial charge in [-0.15, -0.1) is 5.10 Å². The van der Waals surface area contributed by atoms with Crippen molar-refractivity contribution >= 4 is 23.4 Å². The first-order chi connectivity index (χ1) is 12.7. The molecular weight excluding hydrogens is 374 g/mol. The summed E-state index contributed by atoms with van der Waals surface area (Å²) in [6.07, 6.45) is 0. The maximum absolute atomic E-state index is 6.02. The van der Waals surface area contributed by atoms with Crippen LogP contribution in [-0.4, -0.2) is 22.0 Å². The lowest BCUT2D eigenvalue weighted by atomic mass is 10.2. The molecule has 0 saturated heterocycles. The van der Waals surface area contributed by atoms with Crippen molar-refractivity contribution in [3.63, 3.8) is 0 Å². The van der Waals surface area contributed by atoms with Gasteiger partial charge in [0.25, 0.3) is 0 Å². The van der Waals surface area contributed by atoms with Gasteiger partial charge in [0, 0.05) is 10.8 Å². The molecule has 0 bridgehead atoms. The highest BCUT2D eigenvalue weighted by molar-refractivity contribution is 7.98. The number of rotatable bonds is 6. The van der Waals surface area contributed by atoms with Gasteiger partial charge >= 0.3 is 0 Å². The largest absolute Gasteiger partial charge is 0.486 e. The van der Waals surface area contributed by atoms with E-state index in [1.807, 2.05) is 43.3 Å². The van der Waals surface area contributed by atoms with E-state index in [4.69, 9.17) is 25.8 Å². The summed E-state index contributed by atoms with van der Waals surface area (Å²) in [6, 6.07) is 11.5. The fourth-order valence-electron chi connectivity index (χ4n) is 2.44. The Balaban J connectivity index is 1.32. The molecule has 2 heterocycles. The lowest BCUT2D eigenvalue weighted by Gasteiger charge is -2.05. The highest BCUT2D eigenvalue weighted by Crippen LogP contribution is 2.34. The van der Waals surface area contributed by atoms with Crippen LogP contribution in [0.25, 0.3) is 0 Å². The molecule has 4 rings (SSSR count). The summed E-state index contributed by atoms with van der Waals surface area (Å²) in [7, 11) is 0. The summed E-state index contributed by atoms with van der Waals surface area (Å²) in [6.45, 7) is 2.54. The van der Waals surface area contributed by atoms with E-state index >= 15 is 0 Å². The number of benzene rings is 2. The topological polar surface area (TPSA) is 69.3 Å². The number of ether oxygens (including phenoxy) is 3. The third kappa shape index (κ3) is 3.89. The fourth-order valence-corrected chi connectivity index (χ4v) is 3.32. The lowest BCUT2D eigenvalue weighted by Crippen LogP contribution is -1.98. The Morgan fingerprint density at radius 1 is 1.19 bits per heavy atom. The average molecular weight is 390 g/mol. The molecule has 2 aromatic carbocycles. The molecule has 0 radical (unpaired) electrons. The zero-order valence-corrected chi connectivity index (χ0v) is 15.6. The van der Waals surface area contributed by atoms with Crippen molar-refractivity contribution in [3.05, 3.63) is 58.4 Å². The number of aryl methyl sites for hydroxylation is 1. The SMILES string of the molecule is Cc1cc(OCc2nc(SCc3ccc4c(c3)OCO4)n[nH]2)ccc1Cl. The maximum atomic E-state index is 6.02. The molecule has 0 aliphatic carbocycles. The van der Waals surface area contributed by atoms with Gasteiger partial charge in [-0.2, -0.15) is 0 Å². The van der Waals surface area contributed by atoms with Crippen LogP contribution in [0.2, 0.25) is 5.02 Å². The molecule has 0 atom stereocenters.